The molecule has 1 amide bonds. The number of anilines is 2. The molecule has 27 heavy (non-hydrogen) atoms. The second-order valence-corrected chi connectivity index (χ2v) is 5.31. The Morgan fingerprint density at radius 1 is 0.926 bits per heavy atom. The minimum Gasteiger partial charge on any atom is -0.479 e. The number of hydrogen-bond acceptors (Lipinski definition) is 8. The fourth-order valence-electron chi connectivity index (χ4n) is 2.01. The van der Waals surface area contributed by atoms with E-state index in [1.807, 2.05) is 4.90 Å². The summed E-state index contributed by atoms with van der Waals surface area (Å²) in [6, 6.07) is 6.60. The molecular formula is C17H22N2O8. The lowest BCUT2D eigenvalue weighted by atomic mass is 10.2. The lowest BCUT2D eigenvalue weighted by molar-refractivity contribution is -0.141. The molecule has 0 unspecified atom stereocenters. The molecule has 0 bridgehead atoms. The summed E-state index contributed by atoms with van der Waals surface area (Å²) in [5.74, 6) is -2.04. The third-order valence-electron chi connectivity index (χ3n) is 3.14. The lowest BCUT2D eigenvalue weighted by Crippen LogP contribution is -2.31. The number of aliphatic carboxylic acids is 1. The highest BCUT2D eigenvalue weighted by Crippen LogP contribution is 2.18. The van der Waals surface area contributed by atoms with E-state index in [0.717, 1.165) is 5.69 Å². The Hall–Kier alpha value is -3.30. The Labute approximate surface area is 156 Å². The Morgan fingerprint density at radius 2 is 1.44 bits per heavy atom. The smallest absolute Gasteiger partial charge is 0.412 e. The summed E-state index contributed by atoms with van der Waals surface area (Å²) in [4.78, 5) is 45.5. The zero-order chi connectivity index (χ0) is 20.2. The second kappa shape index (κ2) is 11.3. The van der Waals surface area contributed by atoms with E-state index < -0.39 is 30.6 Å². The minimum atomic E-state index is -1.25. The first-order valence-electron chi connectivity index (χ1n) is 8.05. The lowest BCUT2D eigenvalue weighted by Gasteiger charge is -2.24. The molecule has 0 fully saturated rings. The monoisotopic (exact) mass is 382 g/mol. The summed E-state index contributed by atoms with van der Waals surface area (Å²) in [6.07, 6.45) is -0.883. The van der Waals surface area contributed by atoms with E-state index in [0.29, 0.717) is 18.8 Å². The van der Waals surface area contributed by atoms with Crippen LogP contribution in [0.3, 0.4) is 0 Å². The number of carboxylic acids is 1. The van der Waals surface area contributed by atoms with Crippen molar-refractivity contribution >= 4 is 35.4 Å². The third kappa shape index (κ3) is 9.68. The number of rotatable bonds is 10. The largest absolute Gasteiger partial charge is 0.479 e. The van der Waals surface area contributed by atoms with Crippen molar-refractivity contribution in [3.8, 4) is 0 Å². The third-order valence-corrected chi connectivity index (χ3v) is 3.14. The number of hydrogen-bond donors (Lipinski definition) is 2. The summed E-state index contributed by atoms with van der Waals surface area (Å²) in [5, 5.41) is 10.9. The molecule has 0 aliphatic heterocycles. The molecule has 10 nitrogen and oxygen atoms in total. The topological polar surface area (TPSA) is 131 Å². The van der Waals surface area contributed by atoms with Gasteiger partial charge in [-0.1, -0.05) is 0 Å². The fraction of sp³-hybridized carbons (Fsp3) is 0.412. The molecule has 0 heterocycles. The predicted octanol–water partition coefficient (Wildman–Crippen LogP) is 1.25. The van der Waals surface area contributed by atoms with Crippen LogP contribution in [0.5, 0.6) is 0 Å². The van der Waals surface area contributed by atoms with Crippen molar-refractivity contribution < 1.29 is 38.5 Å². The maximum atomic E-state index is 11.4. The summed E-state index contributed by atoms with van der Waals surface area (Å²) in [6.45, 7) is 2.99. The van der Waals surface area contributed by atoms with Gasteiger partial charge in [-0.05, 0) is 24.3 Å². The van der Waals surface area contributed by atoms with Gasteiger partial charge in [0.1, 0.15) is 13.2 Å². The highest BCUT2D eigenvalue weighted by atomic mass is 16.6. The van der Waals surface area contributed by atoms with Crippen molar-refractivity contribution in [2.24, 2.45) is 0 Å². The van der Waals surface area contributed by atoms with Gasteiger partial charge < -0.3 is 24.2 Å². The molecule has 0 saturated carbocycles. The van der Waals surface area contributed by atoms with Crippen LogP contribution in [-0.2, 0) is 28.6 Å². The van der Waals surface area contributed by atoms with Crippen molar-refractivity contribution in [1.82, 2.24) is 0 Å². The second-order valence-electron chi connectivity index (χ2n) is 5.31. The van der Waals surface area contributed by atoms with E-state index in [-0.39, 0.29) is 13.2 Å². The standard InChI is InChI=1S/C17H22N2O8/c1-12(20)25-9-7-19(8-10-26-13(2)21)15-5-3-14(4-6-15)18-17(24)27-11-16(22)23/h3-6H,7-11H2,1-2H3,(H,18,24)(H,22,23). The Bertz CT molecular complexity index is 639. The summed E-state index contributed by atoms with van der Waals surface area (Å²) in [7, 11) is 0. The Balaban J connectivity index is 2.67. The molecule has 1 aromatic carbocycles. The van der Waals surface area contributed by atoms with Crippen LogP contribution in [-0.4, -0.2) is 62.0 Å². The Kier molecular flexibility index (Phi) is 9.13. The molecule has 148 valence electrons. The molecule has 0 aromatic heterocycles. The van der Waals surface area contributed by atoms with Gasteiger partial charge >= 0.3 is 24.0 Å². The van der Waals surface area contributed by atoms with E-state index >= 15 is 0 Å². The fourth-order valence-corrected chi connectivity index (χ4v) is 2.01. The number of nitrogens with zero attached hydrogens (tertiary/aromatic N) is 1. The number of carboxylic acid groups (broad SMARTS) is 1. The maximum absolute atomic E-state index is 11.4. The van der Waals surface area contributed by atoms with Crippen molar-refractivity contribution in [2.45, 2.75) is 13.8 Å². The first kappa shape index (κ1) is 21.7. The highest BCUT2D eigenvalue weighted by molar-refractivity contribution is 5.86. The maximum Gasteiger partial charge on any atom is 0.412 e. The van der Waals surface area contributed by atoms with Gasteiger partial charge in [-0.3, -0.25) is 14.9 Å². The highest BCUT2D eigenvalue weighted by Gasteiger charge is 2.10. The summed E-state index contributed by atoms with van der Waals surface area (Å²) in [5.41, 5.74) is 1.16. The van der Waals surface area contributed by atoms with Crippen LogP contribution in [0.2, 0.25) is 0 Å². The van der Waals surface area contributed by atoms with E-state index in [1.54, 1.807) is 24.3 Å². The number of carbonyl (C=O) groups excluding carboxylic acids is 3. The average Bonchev–Trinajstić information content (AvgIpc) is 2.59. The van der Waals surface area contributed by atoms with Crippen molar-refractivity contribution in [3.63, 3.8) is 0 Å². The van der Waals surface area contributed by atoms with Crippen LogP contribution >= 0.6 is 0 Å². The SMILES string of the molecule is CC(=O)OCCN(CCOC(C)=O)c1ccc(NC(=O)OCC(=O)O)cc1. The number of nitrogens with one attached hydrogen (secondary N) is 1. The molecule has 0 radical (unpaired) electrons. The van der Waals surface area contributed by atoms with Gasteiger partial charge in [0.25, 0.3) is 0 Å². The molecule has 0 aliphatic rings. The molecule has 10 heteroatoms. The van der Waals surface area contributed by atoms with Gasteiger partial charge in [0.05, 0.1) is 13.1 Å². The van der Waals surface area contributed by atoms with Crippen molar-refractivity contribution in [2.75, 3.05) is 43.1 Å². The van der Waals surface area contributed by atoms with E-state index in [4.69, 9.17) is 14.6 Å². The molecule has 0 saturated heterocycles. The van der Waals surface area contributed by atoms with Gasteiger partial charge in [-0.15, -0.1) is 0 Å². The number of carbonyl (C=O) groups is 4. The van der Waals surface area contributed by atoms with Crippen LogP contribution in [0.15, 0.2) is 24.3 Å². The summed E-state index contributed by atoms with van der Waals surface area (Å²) < 4.78 is 14.3. The van der Waals surface area contributed by atoms with E-state index in [2.05, 4.69) is 10.1 Å². The van der Waals surface area contributed by atoms with E-state index in [9.17, 15) is 19.2 Å². The number of esters is 2. The number of amides is 1. The average molecular weight is 382 g/mol. The predicted molar refractivity (Wildman–Crippen MR) is 94.5 cm³/mol. The number of benzene rings is 1. The van der Waals surface area contributed by atoms with E-state index in [1.165, 1.54) is 13.8 Å². The molecule has 0 atom stereocenters. The molecular weight excluding hydrogens is 360 g/mol. The van der Waals surface area contributed by atoms with Gasteiger partial charge in [-0.2, -0.15) is 0 Å². The van der Waals surface area contributed by atoms with Gasteiger partial charge in [-0.25, -0.2) is 9.59 Å². The minimum absolute atomic E-state index is 0.164. The molecule has 1 aromatic rings. The zero-order valence-electron chi connectivity index (χ0n) is 15.1. The molecule has 2 N–H and O–H groups in total. The van der Waals surface area contributed by atoms with Crippen LogP contribution in [0.4, 0.5) is 16.2 Å². The van der Waals surface area contributed by atoms with Gasteiger partial charge in [0, 0.05) is 25.2 Å². The van der Waals surface area contributed by atoms with Crippen LogP contribution in [0.1, 0.15) is 13.8 Å². The molecule has 0 spiro atoms. The zero-order valence-corrected chi connectivity index (χ0v) is 15.1. The van der Waals surface area contributed by atoms with Crippen molar-refractivity contribution in [1.29, 1.82) is 0 Å². The van der Waals surface area contributed by atoms with Crippen LogP contribution in [0.25, 0.3) is 0 Å². The van der Waals surface area contributed by atoms with Crippen molar-refractivity contribution in [3.05, 3.63) is 24.3 Å². The number of ether oxygens (including phenoxy) is 3. The molecule has 1 rings (SSSR count). The first-order valence-corrected chi connectivity index (χ1v) is 8.05. The van der Waals surface area contributed by atoms with Crippen LogP contribution in [0, 0.1) is 0 Å². The van der Waals surface area contributed by atoms with Gasteiger partial charge in [0.15, 0.2) is 6.61 Å². The first-order chi connectivity index (χ1) is 12.8. The normalized spacial score (nSPS) is 9.85. The molecule has 0 aliphatic carbocycles. The quantitative estimate of drug-likeness (QED) is 0.453. The summed E-state index contributed by atoms with van der Waals surface area (Å²) >= 11 is 0. The van der Waals surface area contributed by atoms with Crippen LogP contribution < -0.4 is 10.2 Å². The van der Waals surface area contributed by atoms with Gasteiger partial charge in [0.2, 0.25) is 0 Å². The Morgan fingerprint density at radius 3 is 1.89 bits per heavy atom.